The Morgan fingerprint density at radius 1 is 1.29 bits per heavy atom. The molecule has 1 aromatic rings. The predicted octanol–water partition coefficient (Wildman–Crippen LogP) is 2.46. The SMILES string of the molecule is CCC(C(=O)OC)N(CC)Cc1ccccc1. The maximum absolute atomic E-state index is 11.7. The zero-order chi connectivity index (χ0) is 12.7. The average molecular weight is 235 g/mol. The van der Waals surface area contributed by atoms with Gasteiger partial charge in [0.05, 0.1) is 7.11 Å². The molecule has 0 aliphatic rings. The molecule has 0 saturated heterocycles. The Labute approximate surface area is 103 Å². The highest BCUT2D eigenvalue weighted by molar-refractivity contribution is 5.75. The van der Waals surface area contributed by atoms with E-state index in [0.29, 0.717) is 0 Å². The summed E-state index contributed by atoms with van der Waals surface area (Å²) >= 11 is 0. The van der Waals surface area contributed by atoms with Crippen LogP contribution < -0.4 is 0 Å². The van der Waals surface area contributed by atoms with Crippen LogP contribution in [0.25, 0.3) is 0 Å². The number of rotatable bonds is 6. The first-order chi connectivity index (χ1) is 8.22. The molecule has 1 rings (SSSR count). The molecule has 3 nitrogen and oxygen atoms in total. The van der Waals surface area contributed by atoms with Crippen molar-refractivity contribution >= 4 is 5.97 Å². The smallest absolute Gasteiger partial charge is 0.323 e. The minimum Gasteiger partial charge on any atom is -0.468 e. The van der Waals surface area contributed by atoms with Crippen molar-refractivity contribution in [3.8, 4) is 0 Å². The Hall–Kier alpha value is -1.35. The van der Waals surface area contributed by atoms with Crippen molar-refractivity contribution < 1.29 is 9.53 Å². The number of ether oxygens (including phenoxy) is 1. The van der Waals surface area contributed by atoms with Crippen molar-refractivity contribution in [2.75, 3.05) is 13.7 Å². The molecule has 0 aliphatic carbocycles. The van der Waals surface area contributed by atoms with Gasteiger partial charge in [-0.25, -0.2) is 0 Å². The fourth-order valence-corrected chi connectivity index (χ4v) is 1.97. The number of carbonyl (C=O) groups excluding carboxylic acids is 1. The number of hydrogen-bond donors (Lipinski definition) is 0. The van der Waals surface area contributed by atoms with E-state index in [1.807, 2.05) is 25.1 Å². The highest BCUT2D eigenvalue weighted by atomic mass is 16.5. The number of carbonyl (C=O) groups is 1. The molecule has 0 aliphatic heterocycles. The maximum atomic E-state index is 11.7. The highest BCUT2D eigenvalue weighted by Crippen LogP contribution is 2.11. The molecule has 0 bridgehead atoms. The van der Waals surface area contributed by atoms with Crippen LogP contribution in [0.2, 0.25) is 0 Å². The highest BCUT2D eigenvalue weighted by Gasteiger charge is 2.23. The van der Waals surface area contributed by atoms with Gasteiger partial charge in [0.25, 0.3) is 0 Å². The monoisotopic (exact) mass is 235 g/mol. The second-order valence-electron chi connectivity index (χ2n) is 4.00. The van der Waals surface area contributed by atoms with Crippen LogP contribution in [0.5, 0.6) is 0 Å². The summed E-state index contributed by atoms with van der Waals surface area (Å²) in [6.45, 7) is 5.69. The molecule has 0 radical (unpaired) electrons. The number of methoxy groups -OCH3 is 1. The van der Waals surface area contributed by atoms with Gasteiger partial charge in [-0.3, -0.25) is 9.69 Å². The lowest BCUT2D eigenvalue weighted by Crippen LogP contribution is -2.40. The van der Waals surface area contributed by atoms with E-state index in [0.717, 1.165) is 19.5 Å². The summed E-state index contributed by atoms with van der Waals surface area (Å²) in [5.41, 5.74) is 1.22. The Balaban J connectivity index is 2.73. The van der Waals surface area contributed by atoms with Crippen LogP contribution in [-0.4, -0.2) is 30.6 Å². The Bertz CT molecular complexity index is 337. The van der Waals surface area contributed by atoms with Gasteiger partial charge in [0.1, 0.15) is 6.04 Å². The average Bonchev–Trinajstić information content (AvgIpc) is 2.39. The summed E-state index contributed by atoms with van der Waals surface area (Å²) in [5, 5.41) is 0. The normalized spacial score (nSPS) is 12.5. The van der Waals surface area contributed by atoms with Crippen LogP contribution in [0.4, 0.5) is 0 Å². The number of likely N-dealkylation sites (N-methyl/N-ethyl adjacent to an activating group) is 1. The van der Waals surface area contributed by atoms with Gasteiger partial charge in [-0.05, 0) is 18.5 Å². The lowest BCUT2D eigenvalue weighted by molar-refractivity contribution is -0.147. The molecule has 0 heterocycles. The fourth-order valence-electron chi connectivity index (χ4n) is 1.97. The molecule has 1 aromatic carbocycles. The largest absolute Gasteiger partial charge is 0.468 e. The van der Waals surface area contributed by atoms with Crippen LogP contribution in [0.1, 0.15) is 25.8 Å². The van der Waals surface area contributed by atoms with Crippen LogP contribution in [0.15, 0.2) is 30.3 Å². The van der Waals surface area contributed by atoms with Crippen molar-refractivity contribution in [2.24, 2.45) is 0 Å². The second kappa shape index (κ2) is 7.07. The Morgan fingerprint density at radius 2 is 1.94 bits per heavy atom. The first kappa shape index (κ1) is 13.7. The maximum Gasteiger partial charge on any atom is 0.323 e. The lowest BCUT2D eigenvalue weighted by atomic mass is 10.1. The number of nitrogens with zero attached hydrogens (tertiary/aromatic N) is 1. The van der Waals surface area contributed by atoms with Crippen LogP contribution >= 0.6 is 0 Å². The molecular formula is C14H21NO2. The molecule has 1 unspecified atom stereocenters. The van der Waals surface area contributed by atoms with Gasteiger partial charge in [0, 0.05) is 6.54 Å². The molecular weight excluding hydrogens is 214 g/mol. The summed E-state index contributed by atoms with van der Waals surface area (Å²) in [4.78, 5) is 13.8. The zero-order valence-electron chi connectivity index (χ0n) is 10.8. The quantitative estimate of drug-likeness (QED) is 0.709. The second-order valence-corrected chi connectivity index (χ2v) is 4.00. The van der Waals surface area contributed by atoms with Gasteiger partial charge in [0.2, 0.25) is 0 Å². The lowest BCUT2D eigenvalue weighted by Gasteiger charge is -2.27. The number of esters is 1. The summed E-state index contributed by atoms with van der Waals surface area (Å²) in [6, 6.07) is 10.0. The first-order valence-electron chi connectivity index (χ1n) is 6.08. The molecule has 0 saturated carbocycles. The van der Waals surface area contributed by atoms with E-state index in [9.17, 15) is 4.79 Å². The molecule has 3 heteroatoms. The third-order valence-electron chi connectivity index (χ3n) is 2.94. The minimum absolute atomic E-state index is 0.148. The van der Waals surface area contributed by atoms with E-state index < -0.39 is 0 Å². The van der Waals surface area contributed by atoms with Crippen molar-refractivity contribution in [2.45, 2.75) is 32.9 Å². The first-order valence-corrected chi connectivity index (χ1v) is 6.08. The van der Waals surface area contributed by atoms with Crippen LogP contribution in [-0.2, 0) is 16.1 Å². The van der Waals surface area contributed by atoms with Gasteiger partial charge in [0.15, 0.2) is 0 Å². The molecule has 0 aromatic heterocycles. The summed E-state index contributed by atoms with van der Waals surface area (Å²) < 4.78 is 4.84. The number of benzene rings is 1. The van der Waals surface area contributed by atoms with Gasteiger partial charge < -0.3 is 4.74 Å². The standard InChI is InChI=1S/C14H21NO2/c1-4-13(14(16)17-3)15(5-2)11-12-9-7-6-8-10-12/h6-10,13H,4-5,11H2,1-3H3. The predicted molar refractivity (Wildman–Crippen MR) is 68.6 cm³/mol. The molecule has 0 spiro atoms. The molecule has 94 valence electrons. The zero-order valence-corrected chi connectivity index (χ0v) is 10.8. The third kappa shape index (κ3) is 3.86. The van der Waals surface area contributed by atoms with E-state index in [2.05, 4.69) is 24.0 Å². The molecule has 0 fully saturated rings. The van der Waals surface area contributed by atoms with Crippen LogP contribution in [0, 0.1) is 0 Å². The topological polar surface area (TPSA) is 29.5 Å². The van der Waals surface area contributed by atoms with Crippen molar-refractivity contribution in [3.05, 3.63) is 35.9 Å². The molecule has 1 atom stereocenters. The van der Waals surface area contributed by atoms with E-state index in [1.54, 1.807) is 0 Å². The summed E-state index contributed by atoms with van der Waals surface area (Å²) in [5.74, 6) is -0.148. The fraction of sp³-hybridized carbons (Fsp3) is 0.500. The molecule has 0 N–H and O–H groups in total. The van der Waals surface area contributed by atoms with Crippen molar-refractivity contribution in [1.82, 2.24) is 4.90 Å². The van der Waals surface area contributed by atoms with Gasteiger partial charge in [-0.15, -0.1) is 0 Å². The molecule has 17 heavy (non-hydrogen) atoms. The van der Waals surface area contributed by atoms with E-state index in [1.165, 1.54) is 12.7 Å². The van der Waals surface area contributed by atoms with Crippen LogP contribution in [0.3, 0.4) is 0 Å². The van der Waals surface area contributed by atoms with Gasteiger partial charge in [-0.1, -0.05) is 44.2 Å². The Morgan fingerprint density at radius 3 is 2.41 bits per heavy atom. The van der Waals surface area contributed by atoms with E-state index >= 15 is 0 Å². The summed E-state index contributed by atoms with van der Waals surface area (Å²) in [7, 11) is 1.45. The van der Waals surface area contributed by atoms with E-state index in [4.69, 9.17) is 4.74 Å². The summed E-state index contributed by atoms with van der Waals surface area (Å²) in [6.07, 6.45) is 0.771. The minimum atomic E-state index is -0.148. The van der Waals surface area contributed by atoms with Gasteiger partial charge in [-0.2, -0.15) is 0 Å². The molecule has 0 amide bonds. The van der Waals surface area contributed by atoms with E-state index in [-0.39, 0.29) is 12.0 Å². The number of hydrogen-bond acceptors (Lipinski definition) is 3. The third-order valence-corrected chi connectivity index (χ3v) is 2.94. The van der Waals surface area contributed by atoms with Gasteiger partial charge >= 0.3 is 5.97 Å². The van der Waals surface area contributed by atoms with Crippen molar-refractivity contribution in [3.63, 3.8) is 0 Å². The Kier molecular flexibility index (Phi) is 5.70. The van der Waals surface area contributed by atoms with Crippen molar-refractivity contribution in [1.29, 1.82) is 0 Å².